The maximum absolute atomic E-state index is 11.9. The van der Waals surface area contributed by atoms with E-state index in [9.17, 15) is 9.59 Å². The molecule has 0 radical (unpaired) electrons. The average Bonchev–Trinajstić information content (AvgIpc) is 2.12. The van der Waals surface area contributed by atoms with Gasteiger partial charge in [-0.1, -0.05) is 13.8 Å². The van der Waals surface area contributed by atoms with Crippen molar-refractivity contribution in [3.63, 3.8) is 0 Å². The molecule has 5 heteroatoms. The lowest BCUT2D eigenvalue weighted by atomic mass is 9.74. The molecular weight excluding hydrogens is 234 g/mol. The summed E-state index contributed by atoms with van der Waals surface area (Å²) in [7, 11) is 0. The Morgan fingerprint density at radius 1 is 1.33 bits per heavy atom. The van der Waals surface area contributed by atoms with Gasteiger partial charge in [0, 0.05) is 13.1 Å². The van der Waals surface area contributed by atoms with Crippen LogP contribution < -0.4 is 0 Å². The van der Waals surface area contributed by atoms with Crippen molar-refractivity contribution in [1.82, 2.24) is 4.90 Å². The van der Waals surface area contributed by atoms with Gasteiger partial charge in [-0.2, -0.15) is 0 Å². The molecule has 1 fully saturated rings. The van der Waals surface area contributed by atoms with E-state index >= 15 is 0 Å². The molecule has 0 aliphatic carbocycles. The standard InChI is InChI=1S/C13H23NO4/c1-12(2,3)18-11(17)14-7-6-9(10(15)16)13(4,5)8-14/h9H,6-8H2,1-5H3,(H,15,16)/t9-/m1/s1. The van der Waals surface area contributed by atoms with E-state index in [1.165, 1.54) is 0 Å². The molecule has 0 aromatic heterocycles. The van der Waals surface area contributed by atoms with Gasteiger partial charge in [-0.15, -0.1) is 0 Å². The Labute approximate surface area is 108 Å². The Balaban J connectivity index is 2.69. The molecule has 0 bridgehead atoms. The number of carbonyl (C=O) groups excluding carboxylic acids is 1. The largest absolute Gasteiger partial charge is 0.481 e. The number of likely N-dealkylation sites (tertiary alicyclic amines) is 1. The Bertz CT molecular complexity index is 343. The lowest BCUT2D eigenvalue weighted by Crippen LogP contribution is -2.51. The third-order valence-electron chi connectivity index (χ3n) is 3.18. The zero-order valence-corrected chi connectivity index (χ0v) is 11.8. The number of hydrogen-bond acceptors (Lipinski definition) is 3. The Morgan fingerprint density at radius 2 is 1.89 bits per heavy atom. The topological polar surface area (TPSA) is 66.8 Å². The Morgan fingerprint density at radius 3 is 2.28 bits per heavy atom. The van der Waals surface area contributed by atoms with Crippen molar-refractivity contribution in [3.05, 3.63) is 0 Å². The summed E-state index contributed by atoms with van der Waals surface area (Å²) in [6.07, 6.45) is 0.112. The smallest absolute Gasteiger partial charge is 0.410 e. The van der Waals surface area contributed by atoms with Crippen molar-refractivity contribution in [2.75, 3.05) is 13.1 Å². The van der Waals surface area contributed by atoms with Crippen LogP contribution in [-0.2, 0) is 9.53 Å². The molecule has 0 aromatic rings. The van der Waals surface area contributed by atoms with E-state index in [1.807, 2.05) is 34.6 Å². The minimum absolute atomic E-state index is 0.362. The summed E-state index contributed by atoms with van der Waals surface area (Å²) in [5.41, 5.74) is -0.953. The summed E-state index contributed by atoms with van der Waals surface area (Å²) in [4.78, 5) is 24.7. The number of amides is 1. The van der Waals surface area contributed by atoms with Gasteiger partial charge >= 0.3 is 12.1 Å². The zero-order valence-electron chi connectivity index (χ0n) is 11.8. The fraction of sp³-hybridized carbons (Fsp3) is 0.846. The van der Waals surface area contributed by atoms with Crippen molar-refractivity contribution in [3.8, 4) is 0 Å². The summed E-state index contributed by atoms with van der Waals surface area (Å²) in [6, 6.07) is 0. The zero-order chi connectivity index (χ0) is 14.1. The quantitative estimate of drug-likeness (QED) is 0.783. The minimum Gasteiger partial charge on any atom is -0.481 e. The third kappa shape index (κ3) is 3.62. The number of piperidine rings is 1. The fourth-order valence-corrected chi connectivity index (χ4v) is 2.30. The number of nitrogens with zero attached hydrogens (tertiary/aromatic N) is 1. The molecule has 0 aromatic carbocycles. The second-order valence-electron chi connectivity index (χ2n) is 6.57. The molecule has 1 rings (SSSR count). The predicted molar refractivity (Wildman–Crippen MR) is 67.3 cm³/mol. The van der Waals surface area contributed by atoms with Gasteiger partial charge < -0.3 is 14.7 Å². The number of ether oxygens (including phenoxy) is 1. The van der Waals surface area contributed by atoms with Crippen molar-refractivity contribution in [2.45, 2.75) is 46.6 Å². The van der Waals surface area contributed by atoms with Gasteiger partial charge in [0.05, 0.1) is 5.92 Å². The van der Waals surface area contributed by atoms with E-state index in [-0.39, 0.29) is 6.09 Å². The summed E-state index contributed by atoms with van der Waals surface area (Å²) < 4.78 is 5.31. The van der Waals surface area contributed by atoms with Crippen LogP contribution in [0.4, 0.5) is 4.79 Å². The highest BCUT2D eigenvalue weighted by Gasteiger charge is 2.42. The fourth-order valence-electron chi connectivity index (χ4n) is 2.30. The van der Waals surface area contributed by atoms with Gasteiger partial charge in [0.2, 0.25) is 0 Å². The molecule has 0 unspecified atom stereocenters. The first-order valence-electron chi connectivity index (χ1n) is 6.24. The molecule has 0 saturated carbocycles. The SMILES string of the molecule is CC(C)(C)OC(=O)N1CC[C@H](C(=O)O)C(C)(C)C1. The summed E-state index contributed by atoms with van der Waals surface area (Å²) in [6.45, 7) is 10.1. The molecule has 1 aliphatic heterocycles. The summed E-state index contributed by atoms with van der Waals surface area (Å²) >= 11 is 0. The maximum atomic E-state index is 11.9. The van der Waals surface area contributed by atoms with Crippen LogP contribution in [0.3, 0.4) is 0 Å². The Kier molecular flexibility index (Phi) is 3.93. The molecule has 1 amide bonds. The van der Waals surface area contributed by atoms with Crippen LogP contribution in [0, 0.1) is 11.3 Å². The van der Waals surface area contributed by atoms with Crippen LogP contribution >= 0.6 is 0 Å². The highest BCUT2D eigenvalue weighted by atomic mass is 16.6. The van der Waals surface area contributed by atoms with E-state index < -0.39 is 22.9 Å². The molecule has 5 nitrogen and oxygen atoms in total. The second kappa shape index (κ2) is 4.78. The van der Waals surface area contributed by atoms with E-state index in [1.54, 1.807) is 4.90 Å². The summed E-state index contributed by atoms with van der Waals surface area (Å²) in [5.74, 6) is -1.19. The van der Waals surface area contributed by atoms with Crippen LogP contribution in [0.15, 0.2) is 0 Å². The lowest BCUT2D eigenvalue weighted by Gasteiger charge is -2.42. The van der Waals surface area contributed by atoms with Gasteiger partial charge in [0.25, 0.3) is 0 Å². The minimum atomic E-state index is -0.788. The van der Waals surface area contributed by atoms with Crippen LogP contribution in [0.2, 0.25) is 0 Å². The maximum Gasteiger partial charge on any atom is 0.410 e. The van der Waals surface area contributed by atoms with Gasteiger partial charge in [-0.25, -0.2) is 4.79 Å². The molecule has 0 spiro atoms. The van der Waals surface area contributed by atoms with E-state index in [0.29, 0.717) is 19.5 Å². The van der Waals surface area contributed by atoms with E-state index in [2.05, 4.69) is 0 Å². The molecule has 1 aliphatic rings. The van der Waals surface area contributed by atoms with Crippen molar-refractivity contribution >= 4 is 12.1 Å². The number of rotatable bonds is 1. The monoisotopic (exact) mass is 257 g/mol. The van der Waals surface area contributed by atoms with Crippen LogP contribution in [0.25, 0.3) is 0 Å². The molecule has 1 heterocycles. The van der Waals surface area contributed by atoms with E-state index in [4.69, 9.17) is 9.84 Å². The van der Waals surface area contributed by atoms with Gasteiger partial charge in [0.15, 0.2) is 0 Å². The number of carboxylic acid groups (broad SMARTS) is 1. The summed E-state index contributed by atoms with van der Waals surface area (Å²) in [5, 5.41) is 9.15. The molecule has 104 valence electrons. The van der Waals surface area contributed by atoms with Crippen molar-refractivity contribution in [2.24, 2.45) is 11.3 Å². The first-order chi connectivity index (χ1) is 8.03. The first-order valence-corrected chi connectivity index (χ1v) is 6.24. The molecule has 1 N–H and O–H groups in total. The van der Waals surface area contributed by atoms with Crippen LogP contribution in [0.5, 0.6) is 0 Å². The number of aliphatic carboxylic acids is 1. The highest BCUT2D eigenvalue weighted by Crippen LogP contribution is 2.35. The number of carbonyl (C=O) groups is 2. The normalized spacial score (nSPS) is 23.6. The van der Waals surface area contributed by atoms with Crippen molar-refractivity contribution < 1.29 is 19.4 Å². The van der Waals surface area contributed by atoms with Crippen LogP contribution in [0.1, 0.15) is 41.0 Å². The van der Waals surface area contributed by atoms with Gasteiger partial charge in [0.1, 0.15) is 5.60 Å². The number of carboxylic acids is 1. The average molecular weight is 257 g/mol. The van der Waals surface area contributed by atoms with Gasteiger partial charge in [-0.3, -0.25) is 4.79 Å². The van der Waals surface area contributed by atoms with Gasteiger partial charge in [-0.05, 0) is 32.6 Å². The first kappa shape index (κ1) is 14.8. The predicted octanol–water partition coefficient (Wildman–Crippen LogP) is 2.35. The molecular formula is C13H23NO4. The molecule has 18 heavy (non-hydrogen) atoms. The number of hydrogen-bond donors (Lipinski definition) is 1. The second-order valence-corrected chi connectivity index (χ2v) is 6.57. The Hall–Kier alpha value is -1.26. The lowest BCUT2D eigenvalue weighted by molar-refractivity contribution is -0.148. The molecule has 1 atom stereocenters. The van der Waals surface area contributed by atoms with E-state index in [0.717, 1.165) is 0 Å². The van der Waals surface area contributed by atoms with Crippen LogP contribution in [-0.4, -0.2) is 40.8 Å². The molecule has 1 saturated heterocycles. The van der Waals surface area contributed by atoms with Crippen molar-refractivity contribution in [1.29, 1.82) is 0 Å². The third-order valence-corrected chi connectivity index (χ3v) is 3.18. The highest BCUT2D eigenvalue weighted by molar-refractivity contribution is 5.73.